The summed E-state index contributed by atoms with van der Waals surface area (Å²) in [6, 6.07) is 13.7. The summed E-state index contributed by atoms with van der Waals surface area (Å²) in [5.74, 6) is 0.953. The molecule has 0 aliphatic rings. The van der Waals surface area contributed by atoms with E-state index in [-0.39, 0.29) is 30.0 Å². The summed E-state index contributed by atoms with van der Waals surface area (Å²) in [6.07, 6.45) is -0.0362. The summed E-state index contributed by atoms with van der Waals surface area (Å²) in [6.45, 7) is 18.0. The van der Waals surface area contributed by atoms with Crippen molar-refractivity contribution in [2.45, 2.75) is 64.6 Å². The summed E-state index contributed by atoms with van der Waals surface area (Å²) in [7, 11) is -3.54. The van der Waals surface area contributed by atoms with Crippen LogP contribution in [0.4, 0.5) is 0 Å². The van der Waals surface area contributed by atoms with Crippen LogP contribution >= 0.6 is 11.3 Å². The maximum absolute atomic E-state index is 6.51. The van der Waals surface area contributed by atoms with Crippen LogP contribution in [-0.2, 0) is 4.43 Å². The van der Waals surface area contributed by atoms with Gasteiger partial charge in [-0.25, -0.2) is 12.1 Å². The van der Waals surface area contributed by atoms with Crippen molar-refractivity contribution in [2.24, 2.45) is 0 Å². The van der Waals surface area contributed by atoms with Gasteiger partial charge in [0.2, 0.25) is 8.32 Å². The number of thiophene rings is 1. The number of rotatable bonds is 6. The summed E-state index contributed by atoms with van der Waals surface area (Å²) >= 11 is 1.70. The molecular formula is C20H31LiO2SSi2. The Labute approximate surface area is 177 Å². The van der Waals surface area contributed by atoms with Crippen LogP contribution in [0.5, 0.6) is 5.75 Å². The molecule has 0 saturated heterocycles. The van der Waals surface area contributed by atoms with Crippen molar-refractivity contribution in [2.75, 3.05) is 0 Å². The fourth-order valence-electron chi connectivity index (χ4n) is 2.22. The average molecular weight is 399 g/mol. The van der Waals surface area contributed by atoms with E-state index in [1.165, 1.54) is 4.88 Å². The number of hydrogen-bond acceptors (Lipinski definition) is 3. The van der Waals surface area contributed by atoms with Gasteiger partial charge in [0.25, 0.3) is 0 Å². The smallest absolute Gasteiger partial charge is 0.543 e. The molecule has 0 fully saturated rings. The zero-order valence-corrected chi connectivity index (χ0v) is 20.6. The molecule has 6 heteroatoms. The molecule has 0 N–H and O–H groups in total. The monoisotopic (exact) mass is 398 g/mol. The van der Waals surface area contributed by atoms with E-state index in [0.717, 1.165) is 11.3 Å². The van der Waals surface area contributed by atoms with Gasteiger partial charge in [-0.2, -0.15) is 0 Å². The first-order valence-corrected chi connectivity index (χ1v) is 16.0. The first kappa shape index (κ1) is 23.8. The standard InChI is InChI=1S/C20H31O2SSi2.Li/c1-20(2,3)25(7,8)21-17-12-9-11-16(15-17)19(22-24(4,5)6)18-13-10-14-23-18;/h9,11-15,19H,1-8H3;/q-1;+1. The third-order valence-electron chi connectivity index (χ3n) is 4.56. The van der Waals surface area contributed by atoms with E-state index in [4.69, 9.17) is 8.85 Å². The van der Waals surface area contributed by atoms with Gasteiger partial charge >= 0.3 is 18.9 Å². The topological polar surface area (TPSA) is 18.5 Å². The molecule has 1 unspecified atom stereocenters. The quantitative estimate of drug-likeness (QED) is 0.543. The minimum absolute atomic E-state index is 0. The molecule has 138 valence electrons. The Balaban J connectivity index is 0.00000338. The Hall–Kier alpha value is -0.289. The molecule has 2 nitrogen and oxygen atoms in total. The van der Waals surface area contributed by atoms with Crippen LogP contribution in [0, 0.1) is 6.07 Å². The van der Waals surface area contributed by atoms with E-state index in [2.05, 4.69) is 83.8 Å². The first-order chi connectivity index (χ1) is 11.4. The van der Waals surface area contributed by atoms with Crippen molar-refractivity contribution >= 4 is 28.0 Å². The van der Waals surface area contributed by atoms with Crippen molar-refractivity contribution in [1.29, 1.82) is 0 Å². The minimum atomic E-state index is -1.85. The third-order valence-corrected chi connectivity index (χ3v) is 10.7. The third kappa shape index (κ3) is 6.40. The van der Waals surface area contributed by atoms with Crippen LogP contribution in [0.1, 0.15) is 37.3 Å². The second-order valence-corrected chi connectivity index (χ2v) is 19.1. The second-order valence-electron chi connectivity index (χ2n) is 8.99. The predicted molar refractivity (Wildman–Crippen MR) is 114 cm³/mol. The molecule has 26 heavy (non-hydrogen) atoms. The zero-order chi connectivity index (χ0) is 18.9. The molecule has 0 spiro atoms. The van der Waals surface area contributed by atoms with E-state index >= 15 is 0 Å². The largest absolute Gasteiger partial charge is 1.00 e. The van der Waals surface area contributed by atoms with Gasteiger partial charge in [-0.05, 0) is 55.5 Å². The molecule has 2 rings (SSSR count). The number of benzene rings is 1. The Morgan fingerprint density at radius 2 is 1.73 bits per heavy atom. The SMILES string of the molecule is CC(C)(C)[Si](C)(C)Oc1cccc(C(O[Si](C)(C)C)c2c[c-]cs2)c1.[Li+]. The normalized spacial score (nSPS) is 13.8. The molecule has 1 atom stereocenters. The minimum Gasteiger partial charge on any atom is -0.543 e. The van der Waals surface area contributed by atoms with E-state index in [0.29, 0.717) is 0 Å². The van der Waals surface area contributed by atoms with Crippen LogP contribution in [0.15, 0.2) is 35.7 Å². The van der Waals surface area contributed by atoms with Crippen molar-refractivity contribution in [3.05, 3.63) is 52.2 Å². The van der Waals surface area contributed by atoms with Gasteiger partial charge in [0.1, 0.15) is 5.75 Å². The Morgan fingerprint density at radius 1 is 1.08 bits per heavy atom. The molecule has 0 amide bonds. The van der Waals surface area contributed by atoms with Gasteiger partial charge in [-0.1, -0.05) is 32.9 Å². The summed E-state index contributed by atoms with van der Waals surface area (Å²) in [5.41, 5.74) is 1.16. The second kappa shape index (κ2) is 8.81. The molecule has 0 aliphatic carbocycles. The van der Waals surface area contributed by atoms with Crippen molar-refractivity contribution < 1.29 is 27.7 Å². The molecule has 2 aromatic rings. The van der Waals surface area contributed by atoms with Crippen LogP contribution in [-0.4, -0.2) is 16.6 Å². The van der Waals surface area contributed by atoms with Crippen LogP contribution < -0.4 is 23.3 Å². The van der Waals surface area contributed by atoms with E-state index in [1.807, 2.05) is 11.4 Å². The van der Waals surface area contributed by atoms with Gasteiger partial charge < -0.3 is 8.85 Å². The fourth-order valence-corrected chi connectivity index (χ4v) is 5.02. The van der Waals surface area contributed by atoms with E-state index in [9.17, 15) is 0 Å². The van der Waals surface area contributed by atoms with Crippen LogP contribution in [0.3, 0.4) is 0 Å². The van der Waals surface area contributed by atoms with Crippen molar-refractivity contribution in [3.8, 4) is 5.75 Å². The molecule has 1 aromatic heterocycles. The molecule has 1 heterocycles. The van der Waals surface area contributed by atoms with Gasteiger partial charge in [0, 0.05) is 6.10 Å². The molecule has 0 saturated carbocycles. The predicted octanol–water partition coefficient (Wildman–Crippen LogP) is 3.88. The first-order valence-electron chi connectivity index (χ1n) is 8.80. The van der Waals surface area contributed by atoms with Gasteiger partial charge in [-0.15, -0.1) is 10.3 Å². The molecular weight excluding hydrogens is 367 g/mol. The van der Waals surface area contributed by atoms with Crippen LogP contribution in [0.25, 0.3) is 0 Å². The average Bonchev–Trinajstić information content (AvgIpc) is 2.96. The summed E-state index contributed by atoms with van der Waals surface area (Å²) < 4.78 is 13.0. The Morgan fingerprint density at radius 3 is 2.23 bits per heavy atom. The molecule has 1 aromatic carbocycles. The fraction of sp³-hybridized carbons (Fsp3) is 0.500. The van der Waals surface area contributed by atoms with E-state index < -0.39 is 16.6 Å². The Bertz CT molecular complexity index is 689. The summed E-state index contributed by atoms with van der Waals surface area (Å²) in [5, 5.41) is 2.17. The summed E-state index contributed by atoms with van der Waals surface area (Å²) in [4.78, 5) is 1.20. The van der Waals surface area contributed by atoms with Gasteiger partial charge in [0.15, 0.2) is 8.32 Å². The maximum Gasteiger partial charge on any atom is 1.00 e. The van der Waals surface area contributed by atoms with Crippen molar-refractivity contribution in [1.82, 2.24) is 0 Å². The maximum atomic E-state index is 6.51. The van der Waals surface area contributed by atoms with Gasteiger partial charge in [0.05, 0.1) is 0 Å². The molecule has 0 aliphatic heterocycles. The van der Waals surface area contributed by atoms with E-state index in [1.54, 1.807) is 11.3 Å². The van der Waals surface area contributed by atoms with Crippen LogP contribution in [0.2, 0.25) is 37.8 Å². The Kier molecular flexibility index (Phi) is 8.05. The van der Waals surface area contributed by atoms with Gasteiger partial charge in [-0.3, -0.25) is 11.3 Å². The number of hydrogen-bond donors (Lipinski definition) is 0. The molecule has 0 bridgehead atoms. The van der Waals surface area contributed by atoms with Crippen molar-refractivity contribution in [3.63, 3.8) is 0 Å². The zero-order valence-electron chi connectivity index (χ0n) is 17.8. The molecule has 0 radical (unpaired) electrons.